The van der Waals surface area contributed by atoms with E-state index in [1.165, 1.54) is 16.8 Å². The third-order valence-electron chi connectivity index (χ3n) is 3.34. The van der Waals surface area contributed by atoms with Crippen LogP contribution in [0.3, 0.4) is 0 Å². The van der Waals surface area contributed by atoms with Gasteiger partial charge in [-0.1, -0.05) is 40.6 Å². The molecule has 1 aliphatic rings. The largest absolute Gasteiger partial charge is 0.317 e. The van der Waals surface area contributed by atoms with Crippen LogP contribution in [-0.2, 0) is 12.3 Å². The molecule has 3 rings (SSSR count). The number of alkyl halides is 1. The predicted molar refractivity (Wildman–Crippen MR) is 83.2 cm³/mol. The summed E-state index contributed by atoms with van der Waals surface area (Å²) in [6.07, 6.45) is 2.28. The van der Waals surface area contributed by atoms with Crippen LogP contribution < -0.4 is 4.90 Å². The molecule has 0 unspecified atom stereocenters. The second-order valence-electron chi connectivity index (χ2n) is 4.73. The molecule has 0 saturated heterocycles. The van der Waals surface area contributed by atoms with Gasteiger partial charge in [-0.05, 0) is 31.4 Å². The van der Waals surface area contributed by atoms with Crippen LogP contribution in [0, 0.1) is 6.92 Å². The number of hydrogen-bond donors (Lipinski definition) is 0. The maximum absolute atomic E-state index is 6.10. The molecule has 0 spiro atoms. The summed E-state index contributed by atoms with van der Waals surface area (Å²) in [6, 6.07) is 6.59. The first-order valence-electron chi connectivity index (χ1n) is 6.27. The van der Waals surface area contributed by atoms with E-state index in [2.05, 4.69) is 35.0 Å². The Kier molecular flexibility index (Phi) is 3.70. The maximum Gasteiger partial charge on any atom is 0.191 e. The third-order valence-corrected chi connectivity index (χ3v) is 5.27. The molecule has 1 aromatic heterocycles. The van der Waals surface area contributed by atoms with E-state index in [0.717, 1.165) is 29.4 Å². The molecule has 100 valence electrons. The van der Waals surface area contributed by atoms with Crippen LogP contribution in [0.15, 0.2) is 18.2 Å². The molecule has 0 N–H and O–H groups in total. The van der Waals surface area contributed by atoms with E-state index in [4.69, 9.17) is 23.2 Å². The highest BCUT2D eigenvalue weighted by molar-refractivity contribution is 7.16. The molecule has 0 aliphatic carbocycles. The molecule has 1 aromatic carbocycles. The Morgan fingerprint density at radius 1 is 1.42 bits per heavy atom. The zero-order valence-corrected chi connectivity index (χ0v) is 12.9. The average Bonchev–Trinajstić information content (AvgIpc) is 2.78. The summed E-state index contributed by atoms with van der Waals surface area (Å²) in [5.74, 6) is 0.422. The molecule has 0 atom stereocenters. The lowest BCUT2D eigenvalue weighted by atomic mass is 10.0. The monoisotopic (exact) mass is 312 g/mol. The highest BCUT2D eigenvalue weighted by atomic mass is 35.5. The molecule has 0 radical (unpaired) electrons. The predicted octanol–water partition coefficient (Wildman–Crippen LogP) is 4.93. The van der Waals surface area contributed by atoms with Gasteiger partial charge in [-0.25, -0.2) is 4.98 Å². The summed E-state index contributed by atoms with van der Waals surface area (Å²) < 4.78 is 0. The highest BCUT2D eigenvalue weighted by Crippen LogP contribution is 2.38. The molecular weight excluding hydrogens is 299 g/mol. The quantitative estimate of drug-likeness (QED) is 0.731. The topological polar surface area (TPSA) is 16.1 Å². The lowest BCUT2D eigenvalue weighted by Gasteiger charge is -2.29. The van der Waals surface area contributed by atoms with Crippen molar-refractivity contribution in [3.05, 3.63) is 39.4 Å². The second kappa shape index (κ2) is 5.31. The maximum atomic E-state index is 6.10. The second-order valence-corrected chi connectivity index (χ2v) is 6.42. The van der Waals surface area contributed by atoms with Crippen LogP contribution in [0.25, 0.3) is 0 Å². The number of anilines is 2. The van der Waals surface area contributed by atoms with Gasteiger partial charge in [0.2, 0.25) is 0 Å². The number of rotatable bonds is 2. The molecule has 0 bridgehead atoms. The van der Waals surface area contributed by atoms with Crippen LogP contribution in [-0.4, -0.2) is 11.5 Å². The number of benzene rings is 1. The Balaban J connectivity index is 2.03. The Morgan fingerprint density at radius 3 is 3.00 bits per heavy atom. The fourth-order valence-corrected chi connectivity index (χ4v) is 3.96. The van der Waals surface area contributed by atoms with Gasteiger partial charge in [0.15, 0.2) is 5.13 Å². The van der Waals surface area contributed by atoms with E-state index < -0.39 is 0 Å². The number of thiazole rings is 1. The van der Waals surface area contributed by atoms with E-state index in [0.29, 0.717) is 11.0 Å². The SMILES string of the molecule is Cc1ccc2c(c1)CCCN2c1nc(Cl)c(CCl)s1. The molecule has 2 heterocycles. The van der Waals surface area contributed by atoms with Gasteiger partial charge < -0.3 is 4.90 Å². The molecular formula is C14H14Cl2N2S. The van der Waals surface area contributed by atoms with Gasteiger partial charge >= 0.3 is 0 Å². The lowest BCUT2D eigenvalue weighted by Crippen LogP contribution is -2.24. The van der Waals surface area contributed by atoms with Gasteiger partial charge in [0.1, 0.15) is 5.15 Å². The molecule has 0 amide bonds. The van der Waals surface area contributed by atoms with Gasteiger partial charge in [-0.15, -0.1) is 11.6 Å². The third kappa shape index (κ3) is 2.47. The van der Waals surface area contributed by atoms with Crippen LogP contribution >= 0.6 is 34.5 Å². The first kappa shape index (κ1) is 13.2. The number of halogens is 2. The number of aromatic nitrogens is 1. The summed E-state index contributed by atoms with van der Waals surface area (Å²) >= 11 is 13.6. The van der Waals surface area contributed by atoms with Crippen LogP contribution in [0.5, 0.6) is 0 Å². The van der Waals surface area contributed by atoms with Gasteiger partial charge in [-0.3, -0.25) is 0 Å². The normalized spacial score (nSPS) is 14.6. The van der Waals surface area contributed by atoms with Crippen molar-refractivity contribution in [2.75, 3.05) is 11.4 Å². The van der Waals surface area contributed by atoms with Crippen molar-refractivity contribution < 1.29 is 0 Å². The molecule has 1 aliphatic heterocycles. The van der Waals surface area contributed by atoms with Crippen LogP contribution in [0.2, 0.25) is 5.15 Å². The van der Waals surface area contributed by atoms with Crippen molar-refractivity contribution in [3.8, 4) is 0 Å². The molecule has 19 heavy (non-hydrogen) atoms. The number of hydrogen-bond acceptors (Lipinski definition) is 3. The fraction of sp³-hybridized carbons (Fsp3) is 0.357. The summed E-state index contributed by atoms with van der Waals surface area (Å²) in [7, 11) is 0. The van der Waals surface area contributed by atoms with Gasteiger partial charge in [0, 0.05) is 12.2 Å². The summed E-state index contributed by atoms with van der Waals surface area (Å²) in [6.45, 7) is 3.12. The van der Waals surface area contributed by atoms with Crippen LogP contribution in [0.1, 0.15) is 22.4 Å². The Hall–Kier alpha value is -0.770. The molecule has 0 saturated carbocycles. The van der Waals surface area contributed by atoms with Gasteiger partial charge in [-0.2, -0.15) is 0 Å². The van der Waals surface area contributed by atoms with E-state index >= 15 is 0 Å². The molecule has 2 aromatic rings. The van der Waals surface area contributed by atoms with Gasteiger partial charge in [0.05, 0.1) is 10.8 Å². The highest BCUT2D eigenvalue weighted by Gasteiger charge is 2.22. The first-order chi connectivity index (χ1) is 9.19. The average molecular weight is 313 g/mol. The zero-order valence-electron chi connectivity index (χ0n) is 10.6. The molecule has 5 heteroatoms. The Morgan fingerprint density at radius 2 is 2.26 bits per heavy atom. The summed E-state index contributed by atoms with van der Waals surface area (Å²) in [5.41, 5.74) is 3.95. The first-order valence-corrected chi connectivity index (χ1v) is 8.00. The minimum Gasteiger partial charge on any atom is -0.317 e. The van der Waals surface area contributed by atoms with Crippen molar-refractivity contribution in [2.45, 2.75) is 25.6 Å². The zero-order chi connectivity index (χ0) is 13.4. The Bertz CT molecular complexity index is 609. The number of aryl methyl sites for hydroxylation is 2. The van der Waals surface area contributed by atoms with Crippen molar-refractivity contribution in [1.82, 2.24) is 4.98 Å². The number of nitrogens with zero attached hydrogens (tertiary/aromatic N) is 2. The minimum atomic E-state index is 0.422. The minimum absolute atomic E-state index is 0.422. The van der Waals surface area contributed by atoms with Crippen molar-refractivity contribution in [3.63, 3.8) is 0 Å². The van der Waals surface area contributed by atoms with E-state index in [-0.39, 0.29) is 0 Å². The van der Waals surface area contributed by atoms with E-state index in [1.54, 1.807) is 11.3 Å². The molecule has 2 nitrogen and oxygen atoms in total. The van der Waals surface area contributed by atoms with Crippen molar-refractivity contribution in [1.29, 1.82) is 0 Å². The van der Waals surface area contributed by atoms with E-state index in [9.17, 15) is 0 Å². The van der Waals surface area contributed by atoms with Gasteiger partial charge in [0.25, 0.3) is 0 Å². The lowest BCUT2D eigenvalue weighted by molar-refractivity contribution is 0.764. The Labute approximate surface area is 127 Å². The van der Waals surface area contributed by atoms with Crippen LogP contribution in [0.4, 0.5) is 10.8 Å². The van der Waals surface area contributed by atoms with Crippen molar-refractivity contribution >= 4 is 45.4 Å². The summed E-state index contributed by atoms with van der Waals surface area (Å²) in [5, 5.41) is 1.49. The number of fused-ring (bicyclic) bond motifs is 1. The van der Waals surface area contributed by atoms with Crippen molar-refractivity contribution in [2.24, 2.45) is 0 Å². The summed E-state index contributed by atoms with van der Waals surface area (Å²) in [4.78, 5) is 7.65. The standard InChI is InChI=1S/C14H14Cl2N2S/c1-9-4-5-11-10(7-9)3-2-6-18(11)14-17-13(16)12(8-15)19-14/h4-5,7H,2-3,6,8H2,1H3. The van der Waals surface area contributed by atoms with E-state index in [1.807, 2.05) is 0 Å². The molecule has 0 fully saturated rings. The smallest absolute Gasteiger partial charge is 0.191 e. The fourth-order valence-electron chi connectivity index (χ4n) is 2.44.